The van der Waals surface area contributed by atoms with Crippen molar-refractivity contribution in [2.75, 3.05) is 0 Å². The number of aryl methyl sites for hydroxylation is 1. The summed E-state index contributed by atoms with van der Waals surface area (Å²) in [6, 6.07) is 15.1. The van der Waals surface area contributed by atoms with Gasteiger partial charge in [-0.3, -0.25) is 0 Å². The highest BCUT2D eigenvalue weighted by Crippen LogP contribution is 2.36. The van der Waals surface area contributed by atoms with E-state index in [0.29, 0.717) is 11.5 Å². The summed E-state index contributed by atoms with van der Waals surface area (Å²) in [6.45, 7) is 2.05. The lowest BCUT2D eigenvalue weighted by molar-refractivity contribution is -0.139. The van der Waals surface area contributed by atoms with E-state index in [0.717, 1.165) is 34.7 Å². The first kappa shape index (κ1) is 18.4. The first-order chi connectivity index (χ1) is 13.3. The molecule has 0 nitrogen and oxygen atoms in total. The molecule has 0 aromatic heterocycles. The van der Waals surface area contributed by atoms with E-state index < -0.39 is 23.4 Å². The van der Waals surface area contributed by atoms with Crippen LogP contribution < -0.4 is 0 Å². The topological polar surface area (TPSA) is 0 Å². The molecule has 0 radical (unpaired) electrons. The van der Waals surface area contributed by atoms with E-state index in [1.165, 1.54) is 11.6 Å². The van der Waals surface area contributed by atoms with Crippen molar-refractivity contribution in [3.63, 3.8) is 0 Å². The summed E-state index contributed by atoms with van der Waals surface area (Å²) in [4.78, 5) is 0. The molecule has 4 aromatic rings. The lowest BCUT2D eigenvalue weighted by atomic mass is 9.95. The molecule has 0 bridgehead atoms. The average molecular weight is 386 g/mol. The van der Waals surface area contributed by atoms with Crippen LogP contribution in [0.5, 0.6) is 0 Å². The molecule has 0 aliphatic carbocycles. The Kier molecular flexibility index (Phi) is 4.33. The van der Waals surface area contributed by atoms with Gasteiger partial charge in [-0.15, -0.1) is 0 Å². The van der Waals surface area contributed by atoms with E-state index >= 15 is 0 Å². The van der Waals surface area contributed by atoms with Crippen LogP contribution in [0.25, 0.3) is 32.7 Å². The van der Waals surface area contributed by atoms with Gasteiger partial charge in [-0.25, -0.2) is 8.78 Å². The van der Waals surface area contributed by atoms with Gasteiger partial charge in [0.2, 0.25) is 0 Å². The number of halogens is 5. The van der Waals surface area contributed by atoms with Crippen molar-refractivity contribution in [1.82, 2.24) is 0 Å². The molecule has 0 fully saturated rings. The molecule has 0 amide bonds. The Morgan fingerprint density at radius 1 is 0.714 bits per heavy atom. The summed E-state index contributed by atoms with van der Waals surface area (Å²) >= 11 is 0. The Bertz CT molecular complexity index is 1210. The van der Waals surface area contributed by atoms with Crippen molar-refractivity contribution in [1.29, 1.82) is 0 Å². The number of rotatable bonds is 2. The highest BCUT2D eigenvalue weighted by molar-refractivity contribution is 6.08. The predicted octanol–water partition coefficient (Wildman–Crippen LogP) is 7.52. The maximum Gasteiger partial charge on any atom is 0.419 e. The summed E-state index contributed by atoms with van der Waals surface area (Å²) < 4.78 is 67.0. The molecule has 0 N–H and O–H groups in total. The number of hydrogen-bond donors (Lipinski definition) is 0. The molecule has 0 spiro atoms. The lowest BCUT2D eigenvalue weighted by Crippen LogP contribution is -2.07. The molecule has 4 aromatic carbocycles. The monoisotopic (exact) mass is 386 g/mol. The molecule has 0 saturated heterocycles. The maximum absolute atomic E-state index is 14.8. The molecule has 4 rings (SSSR count). The van der Waals surface area contributed by atoms with Crippen LogP contribution in [0.3, 0.4) is 0 Å². The minimum atomic E-state index is -4.79. The van der Waals surface area contributed by atoms with Crippen LogP contribution in [0.4, 0.5) is 22.0 Å². The van der Waals surface area contributed by atoms with Crippen LogP contribution in [-0.4, -0.2) is 0 Å². The Morgan fingerprint density at radius 2 is 1.43 bits per heavy atom. The van der Waals surface area contributed by atoms with Gasteiger partial charge in [0.1, 0.15) is 11.6 Å². The van der Waals surface area contributed by atoms with Crippen LogP contribution in [0.2, 0.25) is 0 Å². The van der Waals surface area contributed by atoms with Crippen molar-refractivity contribution in [2.24, 2.45) is 0 Å². The Morgan fingerprint density at radius 3 is 2.07 bits per heavy atom. The van der Waals surface area contributed by atoms with Crippen LogP contribution in [0, 0.1) is 11.6 Å². The molecule has 0 heterocycles. The fraction of sp³-hybridized carbons (Fsp3) is 0.130. The molecule has 5 heteroatoms. The van der Waals surface area contributed by atoms with Crippen LogP contribution >= 0.6 is 0 Å². The zero-order valence-corrected chi connectivity index (χ0v) is 14.9. The molecule has 0 aliphatic rings. The van der Waals surface area contributed by atoms with Gasteiger partial charge in [0.05, 0.1) is 5.56 Å². The maximum atomic E-state index is 14.8. The molecular formula is C23H15F5. The summed E-state index contributed by atoms with van der Waals surface area (Å²) in [5, 5.41) is 3.31. The first-order valence-electron chi connectivity index (χ1n) is 8.80. The zero-order valence-electron chi connectivity index (χ0n) is 14.9. The van der Waals surface area contributed by atoms with Crippen LogP contribution in [0.1, 0.15) is 18.1 Å². The van der Waals surface area contributed by atoms with Crippen molar-refractivity contribution in [3.8, 4) is 11.1 Å². The minimum Gasteiger partial charge on any atom is -0.206 e. The summed E-state index contributed by atoms with van der Waals surface area (Å²) in [6.07, 6.45) is -3.90. The number of hydrogen-bond acceptors (Lipinski definition) is 0. The second-order valence-electron chi connectivity index (χ2n) is 6.72. The SMILES string of the molecule is CCc1ccc2c(ccc3cc(-c4ccc(C(F)(F)F)c(F)c4)c(F)cc32)c1. The van der Waals surface area contributed by atoms with Gasteiger partial charge in [-0.2, -0.15) is 13.2 Å². The lowest BCUT2D eigenvalue weighted by Gasteiger charge is -2.12. The fourth-order valence-corrected chi connectivity index (χ4v) is 3.49. The molecule has 0 saturated carbocycles. The summed E-state index contributed by atoms with van der Waals surface area (Å²) in [5.41, 5.74) is -0.0738. The van der Waals surface area contributed by atoms with Gasteiger partial charge < -0.3 is 0 Å². The Labute approximate surface area is 158 Å². The number of benzene rings is 4. The minimum absolute atomic E-state index is 0.0599. The van der Waals surface area contributed by atoms with E-state index in [1.807, 2.05) is 30.3 Å². The molecule has 0 unspecified atom stereocenters. The molecule has 142 valence electrons. The van der Waals surface area contributed by atoms with Crippen molar-refractivity contribution in [3.05, 3.63) is 83.4 Å². The number of alkyl halides is 3. The van der Waals surface area contributed by atoms with Crippen LogP contribution in [0.15, 0.2) is 60.7 Å². The van der Waals surface area contributed by atoms with Crippen molar-refractivity contribution < 1.29 is 22.0 Å². The van der Waals surface area contributed by atoms with E-state index in [4.69, 9.17) is 0 Å². The zero-order chi connectivity index (χ0) is 20.1. The number of fused-ring (bicyclic) bond motifs is 3. The normalized spacial score (nSPS) is 12.1. The quantitative estimate of drug-likeness (QED) is 0.247. The first-order valence-corrected chi connectivity index (χ1v) is 8.80. The molecular weight excluding hydrogens is 371 g/mol. The largest absolute Gasteiger partial charge is 0.419 e. The second-order valence-corrected chi connectivity index (χ2v) is 6.72. The highest BCUT2D eigenvalue weighted by Gasteiger charge is 2.34. The third kappa shape index (κ3) is 3.11. The smallest absolute Gasteiger partial charge is 0.206 e. The summed E-state index contributed by atoms with van der Waals surface area (Å²) in [5.74, 6) is -2.03. The van der Waals surface area contributed by atoms with Gasteiger partial charge in [0.25, 0.3) is 0 Å². The highest BCUT2D eigenvalue weighted by atomic mass is 19.4. The van der Waals surface area contributed by atoms with Crippen LogP contribution in [-0.2, 0) is 12.6 Å². The average Bonchev–Trinajstić information content (AvgIpc) is 2.65. The Hall–Kier alpha value is -2.95. The standard InChI is InChI=1S/C23H15F5/c1-2-13-3-7-17-14(9-13)4-5-15-10-19(21(24)12-18(15)17)16-6-8-20(22(25)11-16)23(26,27)28/h3-12H,2H2,1H3. The predicted molar refractivity (Wildman–Crippen MR) is 101 cm³/mol. The third-order valence-electron chi connectivity index (χ3n) is 4.98. The Balaban J connectivity index is 1.88. The third-order valence-corrected chi connectivity index (χ3v) is 4.98. The second kappa shape index (κ2) is 6.59. The molecule has 0 aliphatic heterocycles. The van der Waals surface area contributed by atoms with E-state index in [2.05, 4.69) is 6.92 Å². The van der Waals surface area contributed by atoms with Gasteiger partial charge in [-0.1, -0.05) is 43.3 Å². The fourth-order valence-electron chi connectivity index (χ4n) is 3.49. The molecule has 28 heavy (non-hydrogen) atoms. The van der Waals surface area contributed by atoms with E-state index in [1.54, 1.807) is 6.07 Å². The van der Waals surface area contributed by atoms with E-state index in [9.17, 15) is 22.0 Å². The van der Waals surface area contributed by atoms with Gasteiger partial charge >= 0.3 is 6.18 Å². The van der Waals surface area contributed by atoms with Crippen molar-refractivity contribution >= 4 is 21.5 Å². The molecule has 0 atom stereocenters. The summed E-state index contributed by atoms with van der Waals surface area (Å²) in [7, 11) is 0. The van der Waals surface area contributed by atoms with Gasteiger partial charge in [0.15, 0.2) is 0 Å². The van der Waals surface area contributed by atoms with Gasteiger partial charge in [-0.05, 0) is 63.4 Å². The van der Waals surface area contributed by atoms with E-state index in [-0.39, 0.29) is 11.1 Å². The van der Waals surface area contributed by atoms with Crippen molar-refractivity contribution in [2.45, 2.75) is 19.5 Å². The van der Waals surface area contributed by atoms with Gasteiger partial charge in [0, 0.05) is 5.56 Å².